The third-order valence-electron chi connectivity index (χ3n) is 2.26. The summed E-state index contributed by atoms with van der Waals surface area (Å²) in [5.41, 5.74) is 1.54. The van der Waals surface area contributed by atoms with E-state index in [1.54, 1.807) is 11.3 Å². The largest absolute Gasteiger partial charge is 0.117 e. The molecule has 74 valence electrons. The second-order valence-electron chi connectivity index (χ2n) is 3.87. The highest BCUT2D eigenvalue weighted by Gasteiger charge is 2.23. The van der Waals surface area contributed by atoms with Gasteiger partial charge in [0.05, 0.1) is 7.22 Å². The summed E-state index contributed by atoms with van der Waals surface area (Å²) >= 11 is 10.2. The van der Waals surface area contributed by atoms with Crippen LogP contribution >= 0.6 is 45.5 Å². The minimum atomic E-state index is 0.228. The zero-order valence-corrected chi connectivity index (χ0v) is 11.9. The van der Waals surface area contributed by atoms with E-state index in [1.807, 2.05) is 0 Å². The first-order valence-electron chi connectivity index (χ1n) is 4.42. The van der Waals surface area contributed by atoms with E-state index in [9.17, 15) is 0 Å². The van der Waals surface area contributed by atoms with Crippen LogP contribution in [-0.4, -0.2) is 0 Å². The van der Waals surface area contributed by atoms with Gasteiger partial charge in [0, 0.05) is 0 Å². The summed E-state index contributed by atoms with van der Waals surface area (Å²) in [6.45, 7) is 6.74. The Morgan fingerprint density at radius 2 is 2.15 bits per heavy atom. The third kappa shape index (κ3) is 2.83. The Hall–Kier alpha value is 0.720. The molecule has 0 aliphatic heterocycles. The minimum absolute atomic E-state index is 0.228. The van der Waals surface area contributed by atoms with E-state index in [0.717, 1.165) is 4.34 Å². The second-order valence-corrected chi connectivity index (χ2v) is 7.42. The lowest BCUT2D eigenvalue weighted by atomic mass is 9.82. The quantitative estimate of drug-likeness (QED) is 0.678. The van der Waals surface area contributed by atoms with Crippen LogP contribution in [0.25, 0.3) is 0 Å². The highest BCUT2D eigenvalue weighted by atomic mass is 127. The fraction of sp³-hybridized carbons (Fsp3) is 0.600. The molecule has 1 aromatic heterocycles. The van der Waals surface area contributed by atoms with E-state index in [1.165, 1.54) is 21.3 Å². The highest BCUT2D eigenvalue weighted by Crippen LogP contribution is 2.39. The molecule has 1 rings (SSSR count). The van der Waals surface area contributed by atoms with Gasteiger partial charge in [-0.05, 0) is 46.1 Å². The maximum atomic E-state index is 6.18. The number of hydrogen-bond acceptors (Lipinski definition) is 1. The molecule has 0 fully saturated rings. The first-order chi connectivity index (χ1) is 5.97. The topological polar surface area (TPSA) is 0 Å². The number of rotatable bonds is 3. The summed E-state index contributed by atoms with van der Waals surface area (Å²) in [7, 11) is 0. The van der Waals surface area contributed by atoms with Crippen LogP contribution in [0.4, 0.5) is 0 Å². The molecule has 0 unspecified atom stereocenters. The van der Waals surface area contributed by atoms with Crippen molar-refractivity contribution in [2.45, 2.75) is 39.0 Å². The molecule has 0 nitrogen and oxygen atoms in total. The van der Waals surface area contributed by atoms with Gasteiger partial charge in [0.15, 0.2) is 0 Å². The number of hydrogen-bond donors (Lipinski definition) is 0. The van der Waals surface area contributed by atoms with Crippen molar-refractivity contribution < 1.29 is 0 Å². The van der Waals surface area contributed by atoms with Crippen molar-refractivity contribution in [1.29, 1.82) is 0 Å². The lowest BCUT2D eigenvalue weighted by Gasteiger charge is -2.23. The number of halogens is 2. The third-order valence-corrected chi connectivity index (χ3v) is 4.38. The van der Waals surface area contributed by atoms with Crippen molar-refractivity contribution in [2.24, 2.45) is 0 Å². The fourth-order valence-electron chi connectivity index (χ4n) is 1.56. The molecule has 0 radical (unpaired) electrons. The molecule has 0 saturated carbocycles. The SMILES string of the molecule is CCCC(C)(C)c1cc(I)sc1Cl. The molecule has 1 aromatic rings. The average molecular weight is 329 g/mol. The Bertz CT molecular complexity index is 291. The second kappa shape index (κ2) is 4.49. The molecule has 1 heterocycles. The predicted molar refractivity (Wildman–Crippen MR) is 70.0 cm³/mol. The van der Waals surface area contributed by atoms with E-state index >= 15 is 0 Å². The van der Waals surface area contributed by atoms with Crippen molar-refractivity contribution in [1.82, 2.24) is 0 Å². The summed E-state index contributed by atoms with van der Waals surface area (Å²) in [5.74, 6) is 0. The Morgan fingerprint density at radius 1 is 1.54 bits per heavy atom. The van der Waals surface area contributed by atoms with Gasteiger partial charge < -0.3 is 0 Å². The van der Waals surface area contributed by atoms with Gasteiger partial charge >= 0.3 is 0 Å². The van der Waals surface area contributed by atoms with Crippen LogP contribution in [0, 0.1) is 2.88 Å². The van der Waals surface area contributed by atoms with Crippen LogP contribution in [0.1, 0.15) is 39.2 Å². The van der Waals surface area contributed by atoms with E-state index in [-0.39, 0.29) is 5.41 Å². The van der Waals surface area contributed by atoms with Gasteiger partial charge in [-0.1, -0.05) is 38.8 Å². The van der Waals surface area contributed by atoms with Crippen LogP contribution in [0.15, 0.2) is 6.07 Å². The molecule has 0 N–H and O–H groups in total. The van der Waals surface area contributed by atoms with Crippen LogP contribution in [0.5, 0.6) is 0 Å². The van der Waals surface area contributed by atoms with E-state index in [2.05, 4.69) is 49.4 Å². The van der Waals surface area contributed by atoms with Gasteiger partial charge in [-0.15, -0.1) is 11.3 Å². The summed E-state index contributed by atoms with van der Waals surface area (Å²) in [6.07, 6.45) is 2.40. The van der Waals surface area contributed by atoms with Crippen LogP contribution < -0.4 is 0 Å². The lowest BCUT2D eigenvalue weighted by molar-refractivity contribution is 0.475. The fourth-order valence-corrected chi connectivity index (χ4v) is 4.28. The molecule has 0 amide bonds. The zero-order chi connectivity index (χ0) is 10.1. The molecule has 0 atom stereocenters. The van der Waals surface area contributed by atoms with Gasteiger partial charge in [0.1, 0.15) is 0 Å². The van der Waals surface area contributed by atoms with Gasteiger partial charge in [0.25, 0.3) is 0 Å². The minimum Gasteiger partial charge on any atom is -0.117 e. The Labute approximate surface area is 103 Å². The molecule has 0 aromatic carbocycles. The first kappa shape index (κ1) is 11.8. The van der Waals surface area contributed by atoms with E-state index in [0.29, 0.717) is 0 Å². The molecule has 0 aliphatic rings. The monoisotopic (exact) mass is 328 g/mol. The summed E-state index contributed by atoms with van der Waals surface area (Å²) in [6, 6.07) is 2.21. The molecule has 0 spiro atoms. The summed E-state index contributed by atoms with van der Waals surface area (Å²) in [5, 5.41) is 0. The average Bonchev–Trinajstić information content (AvgIpc) is 2.30. The first-order valence-corrected chi connectivity index (χ1v) is 6.70. The Kier molecular flexibility index (Phi) is 4.08. The van der Waals surface area contributed by atoms with Crippen molar-refractivity contribution in [2.75, 3.05) is 0 Å². The lowest BCUT2D eigenvalue weighted by Crippen LogP contribution is -2.15. The van der Waals surface area contributed by atoms with Crippen molar-refractivity contribution in [3.8, 4) is 0 Å². The van der Waals surface area contributed by atoms with Crippen molar-refractivity contribution >= 4 is 45.5 Å². The molecule has 3 heteroatoms. The summed E-state index contributed by atoms with van der Waals surface area (Å²) < 4.78 is 2.24. The van der Waals surface area contributed by atoms with E-state index < -0.39 is 0 Å². The zero-order valence-electron chi connectivity index (χ0n) is 8.16. The molecule has 0 aliphatic carbocycles. The van der Waals surface area contributed by atoms with Gasteiger partial charge in [0.2, 0.25) is 0 Å². The molecular formula is C10H14ClIS. The molecule has 0 bridgehead atoms. The maximum Gasteiger partial charge on any atom is 0.0976 e. The molecule has 0 saturated heterocycles. The Morgan fingerprint density at radius 3 is 2.54 bits per heavy atom. The highest BCUT2D eigenvalue weighted by molar-refractivity contribution is 14.1. The summed E-state index contributed by atoms with van der Waals surface area (Å²) in [4.78, 5) is 0. The molecule has 13 heavy (non-hydrogen) atoms. The van der Waals surface area contributed by atoms with Crippen molar-refractivity contribution in [3.63, 3.8) is 0 Å². The maximum absolute atomic E-state index is 6.18. The molecular weight excluding hydrogens is 315 g/mol. The Balaban J connectivity index is 2.98. The normalized spacial score (nSPS) is 12.1. The van der Waals surface area contributed by atoms with Gasteiger partial charge in [-0.25, -0.2) is 0 Å². The standard InChI is InChI=1S/C10H14ClIS/c1-4-5-10(2,3)7-6-8(12)13-9(7)11/h6H,4-5H2,1-3H3. The van der Waals surface area contributed by atoms with Crippen LogP contribution in [0.3, 0.4) is 0 Å². The van der Waals surface area contributed by atoms with Gasteiger partial charge in [-0.2, -0.15) is 0 Å². The van der Waals surface area contributed by atoms with Crippen LogP contribution in [0.2, 0.25) is 4.34 Å². The van der Waals surface area contributed by atoms with Crippen molar-refractivity contribution in [3.05, 3.63) is 18.9 Å². The van der Waals surface area contributed by atoms with Gasteiger partial charge in [-0.3, -0.25) is 0 Å². The smallest absolute Gasteiger partial charge is 0.0976 e. The van der Waals surface area contributed by atoms with Crippen LogP contribution in [-0.2, 0) is 5.41 Å². The predicted octanol–water partition coefficient (Wildman–Crippen LogP) is 5.08. The van der Waals surface area contributed by atoms with E-state index in [4.69, 9.17) is 11.6 Å². The number of thiophene rings is 1.